The largest absolute Gasteiger partial charge is 0.490 e. The molecule has 0 bridgehead atoms. The Balaban J connectivity index is 1.42. The van der Waals surface area contributed by atoms with Crippen LogP contribution in [0.5, 0.6) is 5.75 Å². The van der Waals surface area contributed by atoms with Crippen LogP contribution in [0.15, 0.2) is 42.7 Å². The summed E-state index contributed by atoms with van der Waals surface area (Å²) in [5.74, 6) is 0.673. The molecule has 1 amide bonds. The minimum Gasteiger partial charge on any atom is -0.490 e. The van der Waals surface area contributed by atoms with Crippen molar-refractivity contribution in [3.05, 3.63) is 48.4 Å². The number of piperidine rings is 1. The monoisotopic (exact) mass is 388 g/mol. The molecule has 148 valence electrons. The highest BCUT2D eigenvalue weighted by molar-refractivity contribution is 5.92. The first kappa shape index (κ1) is 18.5. The fraction of sp³-hybridized carbons (Fsp3) is 0.400. The van der Waals surface area contributed by atoms with Crippen LogP contribution in [0.4, 0.5) is 8.78 Å². The van der Waals surface area contributed by atoms with Crippen LogP contribution in [-0.2, 0) is 13.6 Å². The van der Waals surface area contributed by atoms with Gasteiger partial charge in [-0.25, -0.2) is 8.78 Å². The summed E-state index contributed by atoms with van der Waals surface area (Å²) in [7, 11) is 1.75. The Kier molecular flexibility index (Phi) is 5.02. The molecule has 0 aliphatic carbocycles. The lowest BCUT2D eigenvalue weighted by molar-refractivity contribution is 0.0588. The highest BCUT2D eigenvalue weighted by atomic mass is 19.3. The van der Waals surface area contributed by atoms with E-state index in [4.69, 9.17) is 4.74 Å². The molecule has 1 aromatic carbocycles. The second-order valence-electron chi connectivity index (χ2n) is 7.00. The molecule has 0 N–H and O–H groups in total. The van der Waals surface area contributed by atoms with Gasteiger partial charge in [-0.1, -0.05) is 6.07 Å². The van der Waals surface area contributed by atoms with Gasteiger partial charge in [-0.15, -0.1) is 0 Å². The number of rotatable bonds is 5. The fourth-order valence-electron chi connectivity index (χ4n) is 3.71. The molecule has 1 fully saturated rings. The lowest BCUT2D eigenvalue weighted by Gasteiger charge is -2.32. The third kappa shape index (κ3) is 3.58. The molecule has 0 unspecified atom stereocenters. The van der Waals surface area contributed by atoms with Crippen molar-refractivity contribution >= 4 is 16.8 Å². The van der Waals surface area contributed by atoms with Gasteiger partial charge in [-0.3, -0.25) is 9.48 Å². The Bertz CT molecular complexity index is 974. The number of aryl methyl sites for hydroxylation is 1. The number of alkyl halides is 2. The van der Waals surface area contributed by atoms with Crippen molar-refractivity contribution in [3.63, 3.8) is 0 Å². The van der Waals surface area contributed by atoms with Crippen molar-refractivity contribution in [1.29, 1.82) is 0 Å². The fourth-order valence-corrected chi connectivity index (χ4v) is 3.71. The third-order valence-electron chi connectivity index (χ3n) is 5.17. The van der Waals surface area contributed by atoms with Crippen LogP contribution in [0, 0.1) is 0 Å². The second-order valence-corrected chi connectivity index (χ2v) is 7.00. The van der Waals surface area contributed by atoms with E-state index >= 15 is 0 Å². The smallest absolute Gasteiger partial charge is 0.272 e. The van der Waals surface area contributed by atoms with Crippen molar-refractivity contribution in [2.45, 2.75) is 31.9 Å². The first-order chi connectivity index (χ1) is 13.5. The minimum atomic E-state index is -2.40. The van der Waals surface area contributed by atoms with Crippen molar-refractivity contribution < 1.29 is 18.3 Å². The molecule has 0 atom stereocenters. The van der Waals surface area contributed by atoms with Gasteiger partial charge in [0, 0.05) is 50.8 Å². The molecule has 1 aliphatic rings. The van der Waals surface area contributed by atoms with E-state index < -0.39 is 6.43 Å². The molecule has 0 saturated carbocycles. The summed E-state index contributed by atoms with van der Waals surface area (Å²) in [6.07, 6.45) is 2.30. The molecular formula is C20H22F2N4O2. The van der Waals surface area contributed by atoms with Gasteiger partial charge < -0.3 is 14.2 Å². The van der Waals surface area contributed by atoms with Crippen molar-refractivity contribution in [3.8, 4) is 5.75 Å². The van der Waals surface area contributed by atoms with Crippen LogP contribution in [0.3, 0.4) is 0 Å². The number of carbonyl (C=O) groups excluding carboxylic acids is 1. The summed E-state index contributed by atoms with van der Waals surface area (Å²) in [4.78, 5) is 14.4. The average Bonchev–Trinajstić information content (AvgIpc) is 3.28. The summed E-state index contributed by atoms with van der Waals surface area (Å²) in [6, 6.07) is 9.03. The number of nitrogens with zero attached hydrogens (tertiary/aromatic N) is 4. The van der Waals surface area contributed by atoms with E-state index in [0.717, 1.165) is 23.7 Å². The molecule has 0 radical (unpaired) electrons. The van der Waals surface area contributed by atoms with E-state index in [1.807, 2.05) is 29.2 Å². The second kappa shape index (κ2) is 7.61. The van der Waals surface area contributed by atoms with Crippen LogP contribution in [0.2, 0.25) is 0 Å². The molecule has 0 spiro atoms. The van der Waals surface area contributed by atoms with Crippen LogP contribution in [-0.4, -0.2) is 50.8 Å². The summed E-state index contributed by atoms with van der Waals surface area (Å²) in [5, 5.41) is 4.88. The lowest BCUT2D eigenvalue weighted by Crippen LogP contribution is -2.42. The van der Waals surface area contributed by atoms with Crippen LogP contribution in [0.25, 0.3) is 10.9 Å². The standard InChI is InChI=1S/C20H22F2N4O2/c1-24-17(5-9-23-24)20(27)25-10-6-14(7-11-25)28-18-4-2-3-16-15(18)8-12-26(16)13-19(21)22/h2-5,8-9,12,14,19H,6-7,10-11,13H2,1H3. The average molecular weight is 388 g/mol. The molecule has 28 heavy (non-hydrogen) atoms. The van der Waals surface area contributed by atoms with Gasteiger partial charge in [0.25, 0.3) is 12.3 Å². The van der Waals surface area contributed by atoms with Gasteiger partial charge in [0.15, 0.2) is 0 Å². The predicted octanol–water partition coefficient (Wildman–Crippen LogP) is 3.32. The highest BCUT2D eigenvalue weighted by Crippen LogP contribution is 2.29. The Hall–Kier alpha value is -2.90. The zero-order chi connectivity index (χ0) is 19.7. The third-order valence-corrected chi connectivity index (χ3v) is 5.17. The number of halogens is 2. The molecular weight excluding hydrogens is 366 g/mol. The summed E-state index contributed by atoms with van der Waals surface area (Å²) in [5.41, 5.74) is 1.31. The normalized spacial score (nSPS) is 15.5. The molecule has 8 heteroatoms. The van der Waals surface area contributed by atoms with E-state index in [9.17, 15) is 13.6 Å². The molecule has 1 saturated heterocycles. The van der Waals surface area contributed by atoms with Crippen LogP contribution < -0.4 is 4.74 Å². The molecule has 3 heterocycles. The maximum Gasteiger partial charge on any atom is 0.272 e. The SMILES string of the molecule is Cn1nccc1C(=O)N1CCC(Oc2cccc3c2ccn3CC(F)F)CC1. The lowest BCUT2D eigenvalue weighted by atomic mass is 10.1. The van der Waals surface area contributed by atoms with Crippen molar-refractivity contribution in [2.75, 3.05) is 13.1 Å². The number of ether oxygens (including phenoxy) is 1. The van der Waals surface area contributed by atoms with Crippen LogP contribution in [0.1, 0.15) is 23.3 Å². The summed E-state index contributed by atoms with van der Waals surface area (Å²) < 4.78 is 34.8. The Morgan fingerprint density at radius 1 is 1.25 bits per heavy atom. The molecule has 3 aromatic rings. The highest BCUT2D eigenvalue weighted by Gasteiger charge is 2.26. The number of hydrogen-bond donors (Lipinski definition) is 0. The Morgan fingerprint density at radius 3 is 2.71 bits per heavy atom. The quantitative estimate of drug-likeness (QED) is 0.674. The number of fused-ring (bicyclic) bond motifs is 1. The Labute approximate surface area is 161 Å². The van der Waals surface area contributed by atoms with Gasteiger partial charge in [0.1, 0.15) is 17.5 Å². The number of hydrogen-bond acceptors (Lipinski definition) is 3. The summed E-state index contributed by atoms with van der Waals surface area (Å²) >= 11 is 0. The van der Waals surface area contributed by atoms with Gasteiger partial charge in [0.05, 0.1) is 12.1 Å². The van der Waals surface area contributed by atoms with E-state index in [2.05, 4.69) is 5.10 Å². The van der Waals surface area contributed by atoms with Crippen LogP contribution >= 0.6 is 0 Å². The Morgan fingerprint density at radius 2 is 2.04 bits per heavy atom. The number of aromatic nitrogens is 3. The van der Waals surface area contributed by atoms with Gasteiger partial charge in [-0.05, 0) is 24.3 Å². The predicted molar refractivity (Wildman–Crippen MR) is 101 cm³/mol. The maximum absolute atomic E-state index is 12.7. The minimum absolute atomic E-state index is 0.0142. The summed E-state index contributed by atoms with van der Waals surface area (Å²) in [6.45, 7) is 0.884. The zero-order valence-electron chi connectivity index (χ0n) is 15.6. The van der Waals surface area contributed by atoms with E-state index in [0.29, 0.717) is 24.5 Å². The zero-order valence-corrected chi connectivity index (χ0v) is 15.6. The molecule has 1 aliphatic heterocycles. The van der Waals surface area contributed by atoms with Gasteiger partial charge in [-0.2, -0.15) is 5.10 Å². The van der Waals surface area contributed by atoms with E-state index in [1.54, 1.807) is 34.8 Å². The first-order valence-corrected chi connectivity index (χ1v) is 9.33. The van der Waals surface area contributed by atoms with Crippen molar-refractivity contribution in [1.82, 2.24) is 19.2 Å². The van der Waals surface area contributed by atoms with Crippen molar-refractivity contribution in [2.24, 2.45) is 7.05 Å². The maximum atomic E-state index is 12.7. The van der Waals surface area contributed by atoms with E-state index in [-0.39, 0.29) is 18.6 Å². The van der Waals surface area contributed by atoms with Gasteiger partial charge >= 0.3 is 0 Å². The topological polar surface area (TPSA) is 52.3 Å². The molecule has 4 rings (SSSR count). The number of benzene rings is 1. The molecule has 6 nitrogen and oxygen atoms in total. The molecule has 2 aromatic heterocycles. The number of likely N-dealkylation sites (tertiary alicyclic amines) is 1. The first-order valence-electron chi connectivity index (χ1n) is 9.33. The van der Waals surface area contributed by atoms with E-state index in [1.165, 1.54) is 0 Å². The van der Waals surface area contributed by atoms with Gasteiger partial charge in [0.2, 0.25) is 0 Å². The number of amides is 1. The number of carbonyl (C=O) groups is 1.